The van der Waals surface area contributed by atoms with E-state index in [0.717, 1.165) is 54.1 Å². The van der Waals surface area contributed by atoms with Crippen LogP contribution >= 0.6 is 0 Å². The summed E-state index contributed by atoms with van der Waals surface area (Å²) >= 11 is 0. The van der Waals surface area contributed by atoms with Gasteiger partial charge < -0.3 is 25.2 Å². The highest BCUT2D eigenvalue weighted by atomic mass is 16.7. The molecule has 2 aromatic heterocycles. The number of pyridine rings is 1. The van der Waals surface area contributed by atoms with Gasteiger partial charge in [0, 0.05) is 24.2 Å². The molecule has 1 aliphatic carbocycles. The van der Waals surface area contributed by atoms with Gasteiger partial charge in [-0.25, -0.2) is 9.97 Å². The molecular weight excluding hydrogens is 432 g/mol. The topological polar surface area (TPSA) is 127 Å². The fourth-order valence-corrected chi connectivity index (χ4v) is 4.33. The number of unbranched alkanes of at least 4 members (excludes halogenated alkanes) is 3. The number of carbonyl (C=O) groups is 1. The molecule has 3 aromatic rings. The van der Waals surface area contributed by atoms with E-state index in [4.69, 9.17) is 10.6 Å². The van der Waals surface area contributed by atoms with E-state index < -0.39 is 0 Å². The molecule has 182 valence electrons. The lowest BCUT2D eigenvalue weighted by atomic mass is 9.95. The van der Waals surface area contributed by atoms with Crippen LogP contribution in [-0.4, -0.2) is 33.6 Å². The molecule has 0 unspecified atom stereocenters. The van der Waals surface area contributed by atoms with Gasteiger partial charge in [0.2, 0.25) is 0 Å². The minimum Gasteiger partial charge on any atom is -0.494 e. The average molecular weight is 467 g/mol. The maximum absolute atomic E-state index is 11.0. The molecule has 9 nitrogen and oxygen atoms in total. The van der Waals surface area contributed by atoms with E-state index >= 15 is 0 Å². The van der Waals surface area contributed by atoms with E-state index in [-0.39, 0.29) is 5.97 Å². The van der Waals surface area contributed by atoms with Gasteiger partial charge in [0.1, 0.15) is 17.1 Å². The summed E-state index contributed by atoms with van der Waals surface area (Å²) in [5.74, 6) is 6.05. The van der Waals surface area contributed by atoms with Crippen molar-refractivity contribution in [3.8, 4) is 5.75 Å². The van der Waals surface area contributed by atoms with Crippen LogP contribution in [0.25, 0.3) is 11.2 Å². The second-order valence-electron chi connectivity index (χ2n) is 8.79. The van der Waals surface area contributed by atoms with Crippen LogP contribution in [0.4, 0.5) is 17.2 Å². The van der Waals surface area contributed by atoms with Crippen molar-refractivity contribution < 1.29 is 14.4 Å². The molecule has 0 atom stereocenters. The number of imidazole rings is 1. The summed E-state index contributed by atoms with van der Waals surface area (Å²) in [6, 6.07) is 10.4. The van der Waals surface area contributed by atoms with Crippen molar-refractivity contribution in [2.75, 3.05) is 17.2 Å². The zero-order valence-electron chi connectivity index (χ0n) is 19.5. The molecule has 5 N–H and O–H groups in total. The Hall–Kier alpha value is -3.33. The quantitative estimate of drug-likeness (QED) is 0.212. The maximum Gasteiger partial charge on any atom is 0.324 e. The van der Waals surface area contributed by atoms with Crippen molar-refractivity contribution in [3.05, 3.63) is 36.7 Å². The van der Waals surface area contributed by atoms with Gasteiger partial charge in [-0.05, 0) is 49.9 Å². The zero-order valence-corrected chi connectivity index (χ0v) is 19.5. The van der Waals surface area contributed by atoms with E-state index in [1.165, 1.54) is 32.1 Å². The van der Waals surface area contributed by atoms with Gasteiger partial charge in [0.25, 0.3) is 0 Å². The van der Waals surface area contributed by atoms with Gasteiger partial charge in [-0.3, -0.25) is 4.79 Å². The molecule has 2 heterocycles. The molecule has 1 aromatic carbocycles. The predicted octanol–water partition coefficient (Wildman–Crippen LogP) is 5.19. The van der Waals surface area contributed by atoms with E-state index in [0.29, 0.717) is 24.7 Å². The maximum atomic E-state index is 11.0. The number of H-pyrrole nitrogens is 1. The number of benzene rings is 1. The van der Waals surface area contributed by atoms with Crippen molar-refractivity contribution in [2.24, 2.45) is 5.90 Å². The summed E-state index contributed by atoms with van der Waals surface area (Å²) < 4.78 is 5.83. The Balaban J connectivity index is 1.27. The highest BCUT2D eigenvalue weighted by Gasteiger charge is 2.16. The number of hydrogen-bond acceptors (Lipinski definition) is 8. The summed E-state index contributed by atoms with van der Waals surface area (Å²) in [4.78, 5) is 27.4. The van der Waals surface area contributed by atoms with E-state index in [1.807, 2.05) is 30.3 Å². The van der Waals surface area contributed by atoms with Gasteiger partial charge >= 0.3 is 5.97 Å². The third kappa shape index (κ3) is 6.84. The second-order valence-corrected chi connectivity index (χ2v) is 8.79. The van der Waals surface area contributed by atoms with Crippen LogP contribution in [0.1, 0.15) is 64.2 Å². The molecule has 4 rings (SSSR count). The fraction of sp³-hybridized carbons (Fsp3) is 0.480. The number of nitrogens with zero attached hydrogens (tertiary/aromatic N) is 2. The lowest BCUT2D eigenvalue weighted by Gasteiger charge is -2.24. The summed E-state index contributed by atoms with van der Waals surface area (Å²) in [6.45, 7) is 0.641. The molecule has 0 saturated heterocycles. The Morgan fingerprint density at radius 3 is 2.68 bits per heavy atom. The standard InChI is InChI=1S/C25H34N6O3/c26-34-23(32)10-6-1-2-7-15-33-20-13-11-19(12-14-20)30-22-16-21(24-25(31-22)28-17-27-24)29-18-8-4-3-5-9-18/h11-14,16-18H,1-10,15,26H2,(H3,27,28,29,30,31). The third-order valence-electron chi connectivity index (χ3n) is 6.16. The SMILES string of the molecule is NOC(=O)CCCCCCOc1ccc(Nc2cc(NC3CCCCC3)c3[nH]cnc3n2)cc1. The molecule has 0 aliphatic heterocycles. The van der Waals surface area contributed by atoms with Gasteiger partial charge in [0.15, 0.2) is 5.65 Å². The molecule has 0 amide bonds. The number of anilines is 3. The van der Waals surface area contributed by atoms with E-state index in [2.05, 4.69) is 30.4 Å². The Kier molecular flexibility index (Phi) is 8.56. The number of rotatable bonds is 12. The van der Waals surface area contributed by atoms with E-state index in [9.17, 15) is 4.79 Å². The first-order valence-electron chi connectivity index (χ1n) is 12.2. The minimum absolute atomic E-state index is 0.360. The number of nitrogens with one attached hydrogen (secondary N) is 3. The molecule has 9 heteroatoms. The first-order valence-corrected chi connectivity index (χ1v) is 12.2. The van der Waals surface area contributed by atoms with Crippen LogP contribution in [0.5, 0.6) is 5.75 Å². The van der Waals surface area contributed by atoms with Gasteiger partial charge in [-0.1, -0.05) is 32.1 Å². The number of nitrogens with two attached hydrogens (primary N) is 1. The summed E-state index contributed by atoms with van der Waals surface area (Å²) in [6.07, 6.45) is 12.0. The van der Waals surface area contributed by atoms with Gasteiger partial charge in [0.05, 0.1) is 18.6 Å². The highest BCUT2D eigenvalue weighted by Crippen LogP contribution is 2.29. The number of ether oxygens (including phenoxy) is 1. The lowest BCUT2D eigenvalue weighted by molar-refractivity contribution is -0.144. The summed E-state index contributed by atoms with van der Waals surface area (Å²) in [7, 11) is 0. The van der Waals surface area contributed by atoms with Crippen LogP contribution in [-0.2, 0) is 9.63 Å². The van der Waals surface area contributed by atoms with Crippen LogP contribution in [0.2, 0.25) is 0 Å². The third-order valence-corrected chi connectivity index (χ3v) is 6.16. The smallest absolute Gasteiger partial charge is 0.324 e. The number of hydrogen-bond donors (Lipinski definition) is 4. The Morgan fingerprint density at radius 2 is 1.88 bits per heavy atom. The van der Waals surface area contributed by atoms with Crippen LogP contribution in [0.3, 0.4) is 0 Å². The van der Waals surface area contributed by atoms with Crippen molar-refractivity contribution in [2.45, 2.75) is 70.3 Å². The molecule has 1 aliphatic rings. The first-order chi connectivity index (χ1) is 16.7. The number of aromatic nitrogens is 3. The molecule has 0 radical (unpaired) electrons. The largest absolute Gasteiger partial charge is 0.494 e. The second kappa shape index (κ2) is 12.2. The Bertz CT molecular complexity index is 1050. The average Bonchev–Trinajstić information content (AvgIpc) is 3.34. The van der Waals surface area contributed by atoms with Crippen molar-refractivity contribution >= 4 is 34.3 Å². The van der Waals surface area contributed by atoms with Crippen molar-refractivity contribution in [1.29, 1.82) is 0 Å². The van der Waals surface area contributed by atoms with Crippen molar-refractivity contribution in [1.82, 2.24) is 15.0 Å². The van der Waals surface area contributed by atoms with Crippen LogP contribution in [0, 0.1) is 0 Å². The molecule has 0 bridgehead atoms. The number of carbonyl (C=O) groups excluding carboxylic acids is 1. The molecule has 1 fully saturated rings. The van der Waals surface area contributed by atoms with Crippen molar-refractivity contribution in [3.63, 3.8) is 0 Å². The van der Waals surface area contributed by atoms with Crippen LogP contribution < -0.4 is 21.3 Å². The lowest BCUT2D eigenvalue weighted by Crippen LogP contribution is -2.22. The summed E-state index contributed by atoms with van der Waals surface area (Å²) in [5, 5.41) is 7.08. The first kappa shape index (κ1) is 23.8. The van der Waals surface area contributed by atoms with Crippen LogP contribution in [0.15, 0.2) is 36.7 Å². The number of aromatic amines is 1. The normalized spacial score (nSPS) is 14.1. The molecular formula is C25H34N6O3. The van der Waals surface area contributed by atoms with Gasteiger partial charge in [-0.2, -0.15) is 5.90 Å². The van der Waals surface area contributed by atoms with E-state index in [1.54, 1.807) is 6.33 Å². The Morgan fingerprint density at radius 1 is 1.09 bits per heavy atom. The molecule has 1 saturated carbocycles. The number of fused-ring (bicyclic) bond motifs is 1. The fourth-order valence-electron chi connectivity index (χ4n) is 4.33. The zero-order chi connectivity index (χ0) is 23.6. The molecule has 34 heavy (non-hydrogen) atoms. The van der Waals surface area contributed by atoms with Gasteiger partial charge in [-0.15, -0.1) is 0 Å². The molecule has 0 spiro atoms. The predicted molar refractivity (Wildman–Crippen MR) is 133 cm³/mol. The minimum atomic E-state index is -0.360. The summed E-state index contributed by atoms with van der Waals surface area (Å²) in [5.41, 5.74) is 3.62. The monoisotopic (exact) mass is 466 g/mol. The Labute approximate surface area is 199 Å². The highest BCUT2D eigenvalue weighted by molar-refractivity contribution is 5.88.